The lowest BCUT2D eigenvalue weighted by molar-refractivity contribution is -0.122. The number of nitrogens with one attached hydrogen (secondary N) is 2. The van der Waals surface area contributed by atoms with Crippen LogP contribution < -0.4 is 10.6 Å². The largest absolute Gasteiger partial charge is 0.356 e. The van der Waals surface area contributed by atoms with E-state index in [1.54, 1.807) is 0 Å². The van der Waals surface area contributed by atoms with Crippen LogP contribution in [0.4, 0.5) is 0 Å². The van der Waals surface area contributed by atoms with E-state index < -0.39 is 0 Å². The maximum absolute atomic E-state index is 11.4. The Morgan fingerprint density at radius 2 is 1.72 bits per heavy atom. The Morgan fingerprint density at radius 3 is 2.39 bits per heavy atom. The summed E-state index contributed by atoms with van der Waals surface area (Å²) >= 11 is 0. The molecule has 1 fully saturated rings. The average Bonchev–Trinajstić information content (AvgIpc) is 2.83. The van der Waals surface area contributed by atoms with Gasteiger partial charge in [-0.1, -0.05) is 0 Å². The Kier molecular flexibility index (Phi) is 7.41. The summed E-state index contributed by atoms with van der Waals surface area (Å²) in [4.78, 5) is 24.5. The highest BCUT2D eigenvalue weighted by atomic mass is 16.2. The molecule has 0 saturated carbocycles. The van der Waals surface area contributed by atoms with E-state index in [-0.39, 0.29) is 11.8 Å². The van der Waals surface area contributed by atoms with Gasteiger partial charge in [0, 0.05) is 26.4 Å². The van der Waals surface area contributed by atoms with Crippen LogP contribution in [0.15, 0.2) is 0 Å². The van der Waals surface area contributed by atoms with Gasteiger partial charge < -0.3 is 15.5 Å². The maximum atomic E-state index is 11.4. The normalized spacial score (nSPS) is 15.6. The summed E-state index contributed by atoms with van der Waals surface area (Å²) in [5, 5.41) is 5.60. The van der Waals surface area contributed by atoms with Crippen LogP contribution in [0, 0.1) is 0 Å². The highest BCUT2D eigenvalue weighted by Crippen LogP contribution is 2.06. The molecule has 0 aromatic rings. The summed E-state index contributed by atoms with van der Waals surface area (Å²) in [5.74, 6) is 0.0443. The van der Waals surface area contributed by atoms with E-state index in [4.69, 9.17) is 0 Å². The Morgan fingerprint density at radius 1 is 1.06 bits per heavy atom. The van der Waals surface area contributed by atoms with Gasteiger partial charge in [0.2, 0.25) is 11.8 Å². The second-order valence-electron chi connectivity index (χ2n) is 4.84. The Hall–Kier alpha value is -1.10. The molecule has 104 valence electrons. The minimum absolute atomic E-state index is 0.0407. The van der Waals surface area contributed by atoms with E-state index in [2.05, 4.69) is 15.5 Å². The Labute approximate surface area is 109 Å². The van der Waals surface area contributed by atoms with Gasteiger partial charge in [0.25, 0.3) is 0 Å². The second-order valence-corrected chi connectivity index (χ2v) is 4.84. The highest BCUT2D eigenvalue weighted by molar-refractivity contribution is 5.76. The quantitative estimate of drug-likeness (QED) is 0.621. The number of nitrogens with zero attached hydrogens (tertiary/aromatic N) is 1. The maximum Gasteiger partial charge on any atom is 0.220 e. The summed E-state index contributed by atoms with van der Waals surface area (Å²) in [5.41, 5.74) is 0. The van der Waals surface area contributed by atoms with Crippen molar-refractivity contribution in [3.8, 4) is 0 Å². The van der Waals surface area contributed by atoms with Crippen molar-refractivity contribution in [1.29, 1.82) is 0 Å². The average molecular weight is 255 g/mol. The van der Waals surface area contributed by atoms with Gasteiger partial charge in [-0.2, -0.15) is 0 Å². The molecule has 0 spiro atoms. The molecule has 2 amide bonds. The molecule has 0 radical (unpaired) electrons. The number of hydrogen-bond donors (Lipinski definition) is 2. The molecule has 5 nitrogen and oxygen atoms in total. The fraction of sp³-hybridized carbons (Fsp3) is 0.846. The van der Waals surface area contributed by atoms with E-state index >= 15 is 0 Å². The number of carbonyl (C=O) groups is 2. The molecule has 0 bridgehead atoms. The van der Waals surface area contributed by atoms with Crippen molar-refractivity contribution in [1.82, 2.24) is 15.5 Å². The Bertz CT molecular complexity index is 263. The standard InChI is InChI=1S/C13H25N3O2/c1-12(17)14-7-4-6-13(18)15-8-5-11-16-9-2-3-10-16/h2-11H2,1H3,(H,14,17)(H,15,18). The van der Waals surface area contributed by atoms with Crippen LogP contribution >= 0.6 is 0 Å². The summed E-state index contributed by atoms with van der Waals surface area (Å²) in [7, 11) is 0. The minimum atomic E-state index is -0.0407. The van der Waals surface area contributed by atoms with Gasteiger partial charge in [0.1, 0.15) is 0 Å². The van der Waals surface area contributed by atoms with Crippen molar-refractivity contribution in [3.05, 3.63) is 0 Å². The third kappa shape index (κ3) is 7.27. The molecule has 2 N–H and O–H groups in total. The topological polar surface area (TPSA) is 61.4 Å². The lowest BCUT2D eigenvalue weighted by Crippen LogP contribution is -2.29. The molecule has 18 heavy (non-hydrogen) atoms. The fourth-order valence-corrected chi connectivity index (χ4v) is 2.14. The van der Waals surface area contributed by atoms with E-state index in [0.717, 1.165) is 19.5 Å². The predicted octanol–water partition coefficient (Wildman–Crippen LogP) is 0.505. The molecule has 1 saturated heterocycles. The van der Waals surface area contributed by atoms with Crippen LogP contribution in [-0.2, 0) is 9.59 Å². The zero-order valence-electron chi connectivity index (χ0n) is 11.3. The SMILES string of the molecule is CC(=O)NCCCC(=O)NCCCN1CCCC1. The van der Waals surface area contributed by atoms with Crippen molar-refractivity contribution in [2.24, 2.45) is 0 Å². The van der Waals surface area contributed by atoms with Crippen LogP contribution in [0.2, 0.25) is 0 Å². The lowest BCUT2D eigenvalue weighted by atomic mass is 10.3. The number of amides is 2. The van der Waals surface area contributed by atoms with E-state index in [9.17, 15) is 9.59 Å². The van der Waals surface area contributed by atoms with E-state index in [0.29, 0.717) is 19.4 Å². The molecule has 0 aromatic heterocycles. The fourth-order valence-electron chi connectivity index (χ4n) is 2.14. The summed E-state index contributed by atoms with van der Waals surface area (Å²) in [6.07, 6.45) is 4.85. The predicted molar refractivity (Wildman–Crippen MR) is 71.2 cm³/mol. The van der Waals surface area contributed by atoms with E-state index in [1.165, 1.54) is 32.9 Å². The highest BCUT2D eigenvalue weighted by Gasteiger charge is 2.10. The molecule has 1 aliphatic heterocycles. The van der Waals surface area contributed by atoms with Crippen molar-refractivity contribution in [2.45, 2.75) is 39.0 Å². The second kappa shape index (κ2) is 8.91. The van der Waals surface area contributed by atoms with Gasteiger partial charge in [-0.25, -0.2) is 0 Å². The zero-order valence-corrected chi connectivity index (χ0v) is 11.3. The summed E-state index contributed by atoms with van der Waals surface area (Å²) in [6.45, 7) is 6.34. The number of likely N-dealkylation sites (tertiary alicyclic amines) is 1. The minimum Gasteiger partial charge on any atom is -0.356 e. The first kappa shape index (κ1) is 15.0. The number of hydrogen-bond acceptors (Lipinski definition) is 3. The van der Waals surface area contributed by atoms with Crippen LogP contribution in [0.1, 0.15) is 39.0 Å². The number of rotatable bonds is 8. The summed E-state index contributed by atoms with van der Waals surface area (Å²) in [6, 6.07) is 0. The first-order chi connectivity index (χ1) is 8.68. The first-order valence-electron chi connectivity index (χ1n) is 6.92. The van der Waals surface area contributed by atoms with Crippen molar-refractivity contribution >= 4 is 11.8 Å². The lowest BCUT2D eigenvalue weighted by Gasteiger charge is -2.14. The van der Waals surface area contributed by atoms with E-state index in [1.807, 2.05) is 0 Å². The molecule has 0 aromatic carbocycles. The monoisotopic (exact) mass is 255 g/mol. The van der Waals surface area contributed by atoms with Crippen molar-refractivity contribution in [3.63, 3.8) is 0 Å². The molecule has 5 heteroatoms. The van der Waals surface area contributed by atoms with Crippen LogP contribution in [0.5, 0.6) is 0 Å². The van der Waals surface area contributed by atoms with Crippen molar-refractivity contribution < 1.29 is 9.59 Å². The Balaban J connectivity index is 1.88. The molecule has 1 heterocycles. The van der Waals surface area contributed by atoms with Gasteiger partial charge >= 0.3 is 0 Å². The van der Waals surface area contributed by atoms with Gasteiger partial charge in [0.15, 0.2) is 0 Å². The molecule has 1 rings (SSSR count). The third-order valence-corrected chi connectivity index (χ3v) is 3.13. The van der Waals surface area contributed by atoms with Gasteiger partial charge in [-0.05, 0) is 45.3 Å². The molecule has 0 atom stereocenters. The molecular formula is C13H25N3O2. The van der Waals surface area contributed by atoms with Crippen LogP contribution in [-0.4, -0.2) is 49.4 Å². The first-order valence-corrected chi connectivity index (χ1v) is 6.92. The molecule has 0 unspecified atom stereocenters. The molecule has 1 aliphatic rings. The van der Waals surface area contributed by atoms with Gasteiger partial charge in [-0.3, -0.25) is 9.59 Å². The van der Waals surface area contributed by atoms with Gasteiger partial charge in [0.05, 0.1) is 0 Å². The zero-order chi connectivity index (χ0) is 13.2. The molecule has 0 aliphatic carbocycles. The molecular weight excluding hydrogens is 230 g/mol. The third-order valence-electron chi connectivity index (χ3n) is 3.13. The summed E-state index contributed by atoms with van der Waals surface area (Å²) < 4.78 is 0. The van der Waals surface area contributed by atoms with Crippen LogP contribution in [0.25, 0.3) is 0 Å². The van der Waals surface area contributed by atoms with Crippen LogP contribution in [0.3, 0.4) is 0 Å². The number of carbonyl (C=O) groups excluding carboxylic acids is 2. The van der Waals surface area contributed by atoms with Crippen molar-refractivity contribution in [2.75, 3.05) is 32.7 Å². The smallest absolute Gasteiger partial charge is 0.220 e. The van der Waals surface area contributed by atoms with Gasteiger partial charge in [-0.15, -0.1) is 0 Å².